The second-order valence-corrected chi connectivity index (χ2v) is 3.86. The highest BCUT2D eigenvalue weighted by atomic mass is 16.5. The minimum Gasteiger partial charge on any atom is -0.504 e. The smallest absolute Gasteiger partial charge is 0.180 e. The van der Waals surface area contributed by atoms with Crippen LogP contribution in [-0.2, 0) is 0 Å². The van der Waals surface area contributed by atoms with E-state index in [1.807, 2.05) is 13.8 Å². The van der Waals surface area contributed by atoms with Gasteiger partial charge >= 0.3 is 0 Å². The number of benzene rings is 1. The summed E-state index contributed by atoms with van der Waals surface area (Å²) in [5.74, 6) is 0.0350. The molecule has 0 atom stereocenters. The van der Waals surface area contributed by atoms with Crippen LogP contribution in [0.25, 0.3) is 0 Å². The highest BCUT2D eigenvalue weighted by molar-refractivity contribution is 6.02. The number of Topliss-reactive ketones (excluding diaryl/α,β-unsaturated/α-hetero) is 1. The molecule has 0 radical (unpaired) electrons. The van der Waals surface area contributed by atoms with Gasteiger partial charge in [0.15, 0.2) is 17.3 Å². The van der Waals surface area contributed by atoms with E-state index in [0.717, 1.165) is 5.56 Å². The number of carbonyl (C=O) groups excluding carboxylic acids is 1. The van der Waals surface area contributed by atoms with Gasteiger partial charge < -0.3 is 15.6 Å². The molecule has 1 rings (SSSR count). The Kier molecular flexibility index (Phi) is 3.90. The molecule has 0 saturated carbocycles. The number of phenols is 1. The van der Waals surface area contributed by atoms with E-state index in [0.29, 0.717) is 5.75 Å². The van der Waals surface area contributed by atoms with E-state index in [4.69, 9.17) is 10.5 Å². The van der Waals surface area contributed by atoms with Crippen molar-refractivity contribution in [2.75, 3.05) is 13.7 Å². The van der Waals surface area contributed by atoms with Crippen molar-refractivity contribution in [1.29, 1.82) is 0 Å². The lowest BCUT2D eigenvalue weighted by molar-refractivity contribution is 0.0997. The Balaban J connectivity index is 3.42. The Morgan fingerprint density at radius 2 is 2.12 bits per heavy atom. The summed E-state index contributed by atoms with van der Waals surface area (Å²) in [6.45, 7) is 3.78. The second-order valence-electron chi connectivity index (χ2n) is 3.86. The molecule has 0 bridgehead atoms. The van der Waals surface area contributed by atoms with Crippen LogP contribution in [0.2, 0.25) is 0 Å². The third kappa shape index (κ3) is 2.17. The van der Waals surface area contributed by atoms with Crippen LogP contribution in [0.1, 0.15) is 35.7 Å². The zero-order chi connectivity index (χ0) is 12.3. The third-order valence-electron chi connectivity index (χ3n) is 2.48. The van der Waals surface area contributed by atoms with Crippen molar-refractivity contribution in [3.63, 3.8) is 0 Å². The van der Waals surface area contributed by atoms with E-state index >= 15 is 0 Å². The monoisotopic (exact) mass is 223 g/mol. The first-order valence-corrected chi connectivity index (χ1v) is 5.16. The third-order valence-corrected chi connectivity index (χ3v) is 2.48. The van der Waals surface area contributed by atoms with E-state index in [1.54, 1.807) is 12.1 Å². The quantitative estimate of drug-likeness (QED) is 0.761. The fraction of sp³-hybridized carbons (Fsp3) is 0.417. The van der Waals surface area contributed by atoms with Gasteiger partial charge in [-0.3, -0.25) is 4.79 Å². The number of phenolic OH excluding ortho intramolecular Hbond substituents is 1. The molecule has 0 saturated heterocycles. The number of nitrogens with two attached hydrogens (primary N) is 1. The normalized spacial score (nSPS) is 10.6. The number of hydrogen-bond donors (Lipinski definition) is 2. The lowest BCUT2D eigenvalue weighted by Crippen LogP contribution is -2.16. The van der Waals surface area contributed by atoms with Crippen molar-refractivity contribution in [3.8, 4) is 11.5 Å². The average Bonchev–Trinajstić information content (AvgIpc) is 2.27. The molecule has 0 aliphatic carbocycles. The molecule has 0 aliphatic heterocycles. The first-order valence-electron chi connectivity index (χ1n) is 5.16. The number of methoxy groups -OCH3 is 1. The number of aromatic hydroxyl groups is 1. The zero-order valence-electron chi connectivity index (χ0n) is 9.78. The SMILES string of the molecule is COc1ccc(C(C)C)c(C(=O)CN)c1O. The molecule has 0 unspecified atom stereocenters. The maximum Gasteiger partial charge on any atom is 0.180 e. The number of ether oxygens (including phenoxy) is 1. The molecule has 16 heavy (non-hydrogen) atoms. The van der Waals surface area contributed by atoms with Crippen LogP contribution >= 0.6 is 0 Å². The van der Waals surface area contributed by atoms with Gasteiger partial charge in [0, 0.05) is 0 Å². The summed E-state index contributed by atoms with van der Waals surface area (Å²) >= 11 is 0. The molecule has 1 aromatic rings. The summed E-state index contributed by atoms with van der Waals surface area (Å²) < 4.78 is 4.97. The number of ketones is 1. The first kappa shape index (κ1) is 12.5. The van der Waals surface area contributed by atoms with E-state index in [9.17, 15) is 9.90 Å². The lowest BCUT2D eigenvalue weighted by atomic mass is 9.93. The van der Waals surface area contributed by atoms with Gasteiger partial charge in [0.2, 0.25) is 0 Å². The van der Waals surface area contributed by atoms with Crippen molar-refractivity contribution in [2.45, 2.75) is 19.8 Å². The summed E-state index contributed by atoms with van der Waals surface area (Å²) in [7, 11) is 1.45. The van der Waals surface area contributed by atoms with Gasteiger partial charge in [-0.15, -0.1) is 0 Å². The number of hydrogen-bond acceptors (Lipinski definition) is 4. The maximum absolute atomic E-state index is 11.7. The number of rotatable bonds is 4. The van der Waals surface area contributed by atoms with Crippen LogP contribution in [0, 0.1) is 0 Å². The Labute approximate surface area is 95.0 Å². The summed E-state index contributed by atoms with van der Waals surface area (Å²) in [6.07, 6.45) is 0. The van der Waals surface area contributed by atoms with Crippen LogP contribution < -0.4 is 10.5 Å². The molecule has 0 aromatic heterocycles. The Morgan fingerprint density at radius 1 is 1.50 bits per heavy atom. The standard InChI is InChI=1S/C12H17NO3/c1-7(2)8-4-5-10(16-3)12(15)11(8)9(14)6-13/h4-5,7,15H,6,13H2,1-3H3. The van der Waals surface area contributed by atoms with E-state index in [1.165, 1.54) is 7.11 Å². The van der Waals surface area contributed by atoms with Crippen molar-refractivity contribution < 1.29 is 14.6 Å². The predicted octanol–water partition coefficient (Wildman–Crippen LogP) is 1.67. The average molecular weight is 223 g/mol. The lowest BCUT2D eigenvalue weighted by Gasteiger charge is -2.15. The van der Waals surface area contributed by atoms with Crippen LogP contribution in [-0.4, -0.2) is 24.5 Å². The Morgan fingerprint density at radius 3 is 2.56 bits per heavy atom. The highest BCUT2D eigenvalue weighted by Gasteiger charge is 2.20. The first-order chi connectivity index (χ1) is 7.52. The minimum absolute atomic E-state index is 0.121. The highest BCUT2D eigenvalue weighted by Crippen LogP contribution is 2.35. The van der Waals surface area contributed by atoms with Crippen molar-refractivity contribution >= 4 is 5.78 Å². The van der Waals surface area contributed by atoms with Crippen molar-refractivity contribution in [2.24, 2.45) is 5.73 Å². The van der Waals surface area contributed by atoms with Crippen LogP contribution in [0.4, 0.5) is 0 Å². The molecule has 0 spiro atoms. The van der Waals surface area contributed by atoms with Crippen LogP contribution in [0.3, 0.4) is 0 Å². The zero-order valence-corrected chi connectivity index (χ0v) is 9.78. The van der Waals surface area contributed by atoms with Crippen LogP contribution in [0.15, 0.2) is 12.1 Å². The molecule has 4 heteroatoms. The fourth-order valence-corrected chi connectivity index (χ4v) is 1.63. The summed E-state index contributed by atoms with van der Waals surface area (Å²) in [5.41, 5.74) is 6.39. The molecule has 3 N–H and O–H groups in total. The fourth-order valence-electron chi connectivity index (χ4n) is 1.63. The summed E-state index contributed by atoms with van der Waals surface area (Å²) in [5, 5.41) is 9.92. The minimum atomic E-state index is -0.278. The van der Waals surface area contributed by atoms with Crippen molar-refractivity contribution in [1.82, 2.24) is 0 Å². The van der Waals surface area contributed by atoms with Crippen molar-refractivity contribution in [3.05, 3.63) is 23.3 Å². The molecule has 4 nitrogen and oxygen atoms in total. The molecule has 1 aromatic carbocycles. The molecular formula is C12H17NO3. The van der Waals surface area contributed by atoms with Gasteiger partial charge in [0.1, 0.15) is 0 Å². The number of carbonyl (C=O) groups is 1. The van der Waals surface area contributed by atoms with Gasteiger partial charge in [-0.1, -0.05) is 19.9 Å². The molecule has 0 aliphatic rings. The van der Waals surface area contributed by atoms with Gasteiger partial charge in [0.25, 0.3) is 0 Å². The molecular weight excluding hydrogens is 206 g/mol. The van der Waals surface area contributed by atoms with Gasteiger partial charge in [0.05, 0.1) is 19.2 Å². The van der Waals surface area contributed by atoms with Gasteiger partial charge in [-0.05, 0) is 17.5 Å². The predicted molar refractivity (Wildman–Crippen MR) is 62.1 cm³/mol. The second kappa shape index (κ2) is 4.99. The van der Waals surface area contributed by atoms with Crippen LogP contribution in [0.5, 0.6) is 11.5 Å². The largest absolute Gasteiger partial charge is 0.504 e. The summed E-state index contributed by atoms with van der Waals surface area (Å²) in [6, 6.07) is 3.43. The van der Waals surface area contributed by atoms with Gasteiger partial charge in [-0.2, -0.15) is 0 Å². The Bertz CT molecular complexity index is 399. The topological polar surface area (TPSA) is 72.5 Å². The van der Waals surface area contributed by atoms with E-state index in [2.05, 4.69) is 0 Å². The molecule has 0 heterocycles. The Hall–Kier alpha value is -1.55. The molecule has 0 amide bonds. The van der Waals surface area contributed by atoms with E-state index < -0.39 is 0 Å². The molecule has 88 valence electrons. The maximum atomic E-state index is 11.7. The van der Waals surface area contributed by atoms with Gasteiger partial charge in [-0.25, -0.2) is 0 Å². The van der Waals surface area contributed by atoms with E-state index in [-0.39, 0.29) is 29.6 Å². The summed E-state index contributed by atoms with van der Waals surface area (Å²) in [4.78, 5) is 11.7. The molecule has 0 fully saturated rings.